The molecule has 3 amide bonds. The van der Waals surface area contributed by atoms with Crippen LogP contribution in [0.15, 0.2) is 24.3 Å². The van der Waals surface area contributed by atoms with Gasteiger partial charge >= 0.3 is 6.03 Å². The lowest BCUT2D eigenvalue weighted by atomic mass is 9.85. The van der Waals surface area contributed by atoms with E-state index >= 15 is 0 Å². The van der Waals surface area contributed by atoms with Crippen molar-refractivity contribution in [3.63, 3.8) is 0 Å². The Labute approximate surface area is 428 Å². The van der Waals surface area contributed by atoms with Crippen molar-refractivity contribution < 1.29 is 9.59 Å². The molecule has 2 N–H and O–H groups in total. The predicted octanol–water partition coefficient (Wildman–Crippen LogP) is 8.33. The van der Waals surface area contributed by atoms with E-state index < -0.39 is 0 Å². The largest absolute Gasteiger partial charge is 0.366 e. The Morgan fingerprint density at radius 3 is 1.41 bits per heavy atom. The number of thioether (sulfide) groups is 1. The van der Waals surface area contributed by atoms with Gasteiger partial charge in [0.1, 0.15) is 0 Å². The van der Waals surface area contributed by atoms with Crippen LogP contribution in [0.2, 0.25) is 0 Å². The number of likely N-dealkylation sites (tertiary alicyclic amines) is 7. The molecule has 4 atom stereocenters. The van der Waals surface area contributed by atoms with Crippen molar-refractivity contribution in [1.29, 1.82) is 0 Å². The fourth-order valence-electron chi connectivity index (χ4n) is 13.0. The summed E-state index contributed by atoms with van der Waals surface area (Å²) in [6.07, 6.45) is 21.0. The van der Waals surface area contributed by atoms with E-state index in [9.17, 15) is 9.59 Å². The molecule has 12 nitrogen and oxygen atoms in total. The monoisotopic (exact) mass is 997 g/mol. The van der Waals surface area contributed by atoms with Crippen LogP contribution in [-0.2, 0) is 6.54 Å². The van der Waals surface area contributed by atoms with Gasteiger partial charge in [0.25, 0.3) is 5.24 Å². The van der Waals surface area contributed by atoms with Crippen molar-refractivity contribution in [3.05, 3.63) is 35.4 Å². The van der Waals surface area contributed by atoms with Gasteiger partial charge in [-0.3, -0.25) is 4.79 Å². The first-order valence-electron chi connectivity index (χ1n) is 26.8. The summed E-state index contributed by atoms with van der Waals surface area (Å²) >= 11 is 12.3. The van der Waals surface area contributed by atoms with Crippen LogP contribution in [0.1, 0.15) is 120 Å². The summed E-state index contributed by atoms with van der Waals surface area (Å²) in [6, 6.07) is 10.8. The zero-order valence-electron chi connectivity index (χ0n) is 43.6. The highest BCUT2D eigenvalue weighted by Gasteiger charge is 2.40. The maximum atomic E-state index is 12.2. The number of amides is 3. The number of hydrogen-bond acceptors (Lipinski definition) is 9. The first kappa shape index (κ1) is 55.1. The van der Waals surface area contributed by atoms with Crippen LogP contribution < -0.4 is 10.6 Å². The van der Waals surface area contributed by atoms with Gasteiger partial charge in [-0.1, -0.05) is 55.2 Å². The predicted molar refractivity (Wildman–Crippen MR) is 293 cm³/mol. The van der Waals surface area contributed by atoms with E-state index in [1.807, 2.05) is 18.2 Å². The molecule has 0 bridgehead atoms. The highest BCUT2D eigenvalue weighted by Crippen LogP contribution is 2.42. The number of nitrogens with one attached hydrogen (secondary N) is 2. The van der Waals surface area contributed by atoms with Gasteiger partial charge in [0.2, 0.25) is 0 Å². The summed E-state index contributed by atoms with van der Waals surface area (Å²) in [6.45, 7) is 16.0. The van der Waals surface area contributed by atoms with Crippen LogP contribution in [0.4, 0.5) is 9.59 Å². The van der Waals surface area contributed by atoms with E-state index in [-0.39, 0.29) is 17.3 Å². The molecule has 68 heavy (non-hydrogen) atoms. The highest BCUT2D eigenvalue weighted by atomic mass is 32.2. The second kappa shape index (κ2) is 27.5. The average Bonchev–Trinajstić information content (AvgIpc) is 4.22. The topological polar surface area (TPSA) is 84.1 Å². The Morgan fingerprint density at radius 1 is 0.559 bits per heavy atom. The summed E-state index contributed by atoms with van der Waals surface area (Å²) in [4.78, 5) is 44.0. The lowest BCUT2D eigenvalue weighted by Gasteiger charge is -2.37. The smallest absolute Gasteiger partial charge is 0.317 e. The number of nitrogens with zero attached hydrogens (tertiary/aromatic N) is 8. The van der Waals surface area contributed by atoms with Gasteiger partial charge < -0.3 is 49.8 Å². The summed E-state index contributed by atoms with van der Waals surface area (Å²) in [5, 5.41) is 7.15. The summed E-state index contributed by atoms with van der Waals surface area (Å²) < 4.78 is 0. The van der Waals surface area contributed by atoms with Crippen molar-refractivity contribution >= 4 is 57.6 Å². The first-order valence-corrected chi connectivity index (χ1v) is 28.8. The third-order valence-corrected chi connectivity index (χ3v) is 18.6. The molecule has 1 aromatic carbocycles. The van der Waals surface area contributed by atoms with Crippen molar-refractivity contribution in [2.75, 3.05) is 121 Å². The number of carbonyl (C=O) groups is 2. The fourth-order valence-corrected chi connectivity index (χ4v) is 13.9. The highest BCUT2D eigenvalue weighted by molar-refractivity contribution is 8.12. The zero-order valence-corrected chi connectivity index (χ0v) is 46.1. The van der Waals surface area contributed by atoms with Gasteiger partial charge in [0, 0.05) is 58.4 Å². The third-order valence-electron chi connectivity index (χ3n) is 17.1. The molecule has 7 fully saturated rings. The minimum atomic E-state index is 0.0464. The lowest BCUT2D eigenvalue weighted by molar-refractivity contribution is 0.119. The number of fused-ring (bicyclic) bond motifs is 1. The molecule has 0 radical (unpaired) electrons. The second-order valence-electron chi connectivity index (χ2n) is 21.4. The standard InChI is InChI=1S/C16H23N3O.C13H24N2S.C12H23N3S.C12H22N2OS/c1-17-16(20)19-11-13-5-3-4-6-14(13)15(19)12-7-9-18(2)10-8-12;1-3-13(16)15-8-4-5-12(15)11-6-9-14(2)10-7-11;1-13-12(16)15-7-3-4-11(15)10-5-8-14(2)9-6-10;1-13-8-5-10(6-9-13)11-4-3-7-14(11)12(15)16-2/h3-6,12,15H,7-11H2,1-2H3,(H,17,20);11-12H,3-10H2,1-2H3;10-11H,3-9H2,1-2H3,(H,13,16);10-11H,3-9H2,1-2H3/t;12-;2*11-/m.000/s1. The lowest BCUT2D eigenvalue weighted by Crippen LogP contribution is -2.46. The normalized spacial score (nSPS) is 27.1. The summed E-state index contributed by atoms with van der Waals surface area (Å²) in [5.41, 5.74) is 2.66. The van der Waals surface area contributed by atoms with Gasteiger partial charge in [0.05, 0.1) is 11.0 Å². The molecule has 0 spiro atoms. The Morgan fingerprint density at radius 2 is 0.971 bits per heavy atom. The van der Waals surface area contributed by atoms with Crippen LogP contribution in [-0.4, -0.2) is 199 Å². The molecule has 8 aliphatic rings. The fraction of sp³-hybridized carbons (Fsp3) is 0.811. The van der Waals surface area contributed by atoms with E-state index in [4.69, 9.17) is 24.4 Å². The van der Waals surface area contributed by atoms with Crippen molar-refractivity contribution in [1.82, 2.24) is 49.8 Å². The first-order chi connectivity index (χ1) is 32.9. The SMILES string of the molecule is CCC(=S)N1CCC[C@H]1C1CCN(C)CC1.CNC(=O)N1Cc2ccccc2C1C1CCN(C)CC1.CNC(=S)N1CCC[C@H]1C1CCN(C)CC1.CSC(=O)N1CCC[C@H]1C1CCN(C)CC1. The number of rotatable bonds is 5. The second-order valence-corrected chi connectivity index (χ2v) is 23.0. The maximum absolute atomic E-state index is 12.2. The molecule has 1 unspecified atom stereocenters. The number of hydrogen-bond donors (Lipinski definition) is 2. The van der Waals surface area contributed by atoms with Crippen LogP contribution in [0.5, 0.6) is 0 Å². The van der Waals surface area contributed by atoms with E-state index in [1.54, 1.807) is 7.05 Å². The van der Waals surface area contributed by atoms with Gasteiger partial charge in [-0.2, -0.15) is 0 Å². The van der Waals surface area contributed by atoms with Gasteiger partial charge in [0.15, 0.2) is 5.11 Å². The Kier molecular flexibility index (Phi) is 22.3. The van der Waals surface area contributed by atoms with Crippen LogP contribution >= 0.6 is 36.2 Å². The summed E-state index contributed by atoms with van der Waals surface area (Å²) in [7, 11) is 12.5. The molecule has 0 aromatic heterocycles. The van der Waals surface area contributed by atoms with Crippen LogP contribution in [0.25, 0.3) is 0 Å². The average molecular weight is 998 g/mol. The van der Waals surface area contributed by atoms with Crippen LogP contribution in [0, 0.1) is 23.7 Å². The molecule has 1 aromatic rings. The minimum Gasteiger partial charge on any atom is -0.366 e. The number of thiocarbonyl (C=S) groups is 2. The Hall–Kier alpha value is -2.27. The number of piperidine rings is 4. The molecule has 7 saturated heterocycles. The molecule has 384 valence electrons. The minimum absolute atomic E-state index is 0.0464. The van der Waals surface area contributed by atoms with E-state index in [0.717, 1.165) is 68.1 Å². The van der Waals surface area contributed by atoms with E-state index in [1.165, 1.54) is 164 Å². The van der Waals surface area contributed by atoms with Crippen molar-refractivity contribution in [3.8, 4) is 0 Å². The molecule has 8 heterocycles. The molecule has 9 rings (SSSR count). The van der Waals surface area contributed by atoms with Crippen LogP contribution in [0.3, 0.4) is 0 Å². The number of benzene rings is 1. The number of carbonyl (C=O) groups excluding carboxylic acids is 2. The maximum Gasteiger partial charge on any atom is 0.317 e. The molecule has 15 heteroatoms. The summed E-state index contributed by atoms with van der Waals surface area (Å²) in [5.74, 6) is 3.06. The molecular weight excluding hydrogens is 905 g/mol. The van der Waals surface area contributed by atoms with Crippen molar-refractivity contribution in [2.24, 2.45) is 23.7 Å². The van der Waals surface area contributed by atoms with E-state index in [2.05, 4.69) is 104 Å². The van der Waals surface area contributed by atoms with Gasteiger partial charge in [-0.05, 0) is 230 Å². The number of urea groups is 1. The Bertz CT molecular complexity index is 1600. The molecule has 8 aliphatic heterocycles. The van der Waals surface area contributed by atoms with Gasteiger partial charge in [-0.25, -0.2) is 4.79 Å². The molecule has 0 saturated carbocycles. The third kappa shape index (κ3) is 14.7. The Balaban J connectivity index is 0.000000150. The van der Waals surface area contributed by atoms with Crippen molar-refractivity contribution in [2.45, 2.75) is 134 Å². The zero-order chi connectivity index (χ0) is 48.7. The molecule has 0 aliphatic carbocycles. The quantitative estimate of drug-likeness (QED) is 0.279. The molecular formula is C53H92N10O2S3. The van der Waals surface area contributed by atoms with E-state index in [0.29, 0.717) is 18.0 Å². The van der Waals surface area contributed by atoms with Gasteiger partial charge in [-0.15, -0.1) is 0 Å².